The van der Waals surface area contributed by atoms with Crippen molar-refractivity contribution in [1.82, 2.24) is 14.7 Å². The number of fused-ring (bicyclic) bond motifs is 1. The monoisotopic (exact) mass is 383 g/mol. The van der Waals surface area contributed by atoms with Gasteiger partial charge >= 0.3 is 17.8 Å². The molecule has 3 rings (SSSR count). The predicted octanol–water partition coefficient (Wildman–Crippen LogP) is 2.68. The fraction of sp³-hybridized carbons (Fsp3) is 0.381. The first-order chi connectivity index (χ1) is 13.3. The van der Waals surface area contributed by atoms with Gasteiger partial charge in [-0.25, -0.2) is 9.69 Å². The molecule has 0 aliphatic carbocycles. The summed E-state index contributed by atoms with van der Waals surface area (Å²) < 4.78 is 5.24. The third-order valence-corrected chi connectivity index (χ3v) is 4.63. The highest BCUT2D eigenvalue weighted by Crippen LogP contribution is 2.22. The number of urea groups is 1. The number of hydrogen-bond acceptors (Lipinski definition) is 5. The van der Waals surface area contributed by atoms with Gasteiger partial charge in [-0.3, -0.25) is 19.4 Å². The Morgan fingerprint density at radius 1 is 0.964 bits per heavy atom. The third-order valence-electron chi connectivity index (χ3n) is 4.63. The van der Waals surface area contributed by atoms with Gasteiger partial charge in [-0.05, 0) is 47.5 Å². The van der Waals surface area contributed by atoms with E-state index in [9.17, 15) is 14.4 Å². The number of methoxy groups -OCH3 is 1. The molecule has 0 aromatic heterocycles. The van der Waals surface area contributed by atoms with Crippen molar-refractivity contribution < 1.29 is 19.1 Å². The lowest BCUT2D eigenvalue weighted by Gasteiger charge is -2.23. The van der Waals surface area contributed by atoms with Crippen molar-refractivity contribution in [3.05, 3.63) is 42.0 Å². The van der Waals surface area contributed by atoms with Gasteiger partial charge in [0, 0.05) is 13.1 Å². The topological polar surface area (TPSA) is 70.2 Å². The molecular formula is C21H25N3O4. The molecule has 28 heavy (non-hydrogen) atoms. The van der Waals surface area contributed by atoms with E-state index in [1.54, 1.807) is 7.11 Å². The molecule has 0 atom stereocenters. The summed E-state index contributed by atoms with van der Waals surface area (Å²) in [4.78, 5) is 40.6. The van der Waals surface area contributed by atoms with E-state index >= 15 is 0 Å². The minimum absolute atomic E-state index is 0.0681. The molecule has 0 radical (unpaired) electrons. The van der Waals surface area contributed by atoms with Crippen LogP contribution in [0.1, 0.15) is 19.4 Å². The first-order valence-corrected chi connectivity index (χ1v) is 9.22. The van der Waals surface area contributed by atoms with Crippen molar-refractivity contribution in [2.75, 3.05) is 27.4 Å². The molecule has 0 spiro atoms. The number of nitrogens with zero attached hydrogens (tertiary/aromatic N) is 3. The quantitative estimate of drug-likeness (QED) is 0.543. The van der Waals surface area contributed by atoms with E-state index in [-0.39, 0.29) is 19.1 Å². The number of carbonyl (C=O) groups is 3. The Balaban J connectivity index is 1.69. The molecule has 0 N–H and O–H groups in total. The third kappa shape index (κ3) is 3.99. The fourth-order valence-corrected chi connectivity index (χ4v) is 3.30. The first kappa shape index (κ1) is 19.8. The summed E-state index contributed by atoms with van der Waals surface area (Å²) in [7, 11) is 3.45. The summed E-state index contributed by atoms with van der Waals surface area (Å²) in [5.41, 5.74) is 1.05. The van der Waals surface area contributed by atoms with Crippen molar-refractivity contribution in [1.29, 1.82) is 0 Å². The Labute approximate surface area is 164 Å². The van der Waals surface area contributed by atoms with Crippen LogP contribution >= 0.6 is 0 Å². The molecule has 7 nitrogen and oxygen atoms in total. The van der Waals surface area contributed by atoms with Gasteiger partial charge in [-0.15, -0.1) is 0 Å². The largest absolute Gasteiger partial charge is 0.497 e. The zero-order chi connectivity index (χ0) is 20.4. The van der Waals surface area contributed by atoms with Gasteiger partial charge in [0.25, 0.3) is 0 Å². The lowest BCUT2D eigenvalue weighted by Crippen LogP contribution is -2.41. The molecule has 1 fully saturated rings. The van der Waals surface area contributed by atoms with E-state index in [2.05, 4.69) is 6.07 Å². The van der Waals surface area contributed by atoms with Crippen LogP contribution in [0, 0.1) is 5.92 Å². The summed E-state index contributed by atoms with van der Waals surface area (Å²) in [6.07, 6.45) is 0. The Morgan fingerprint density at radius 2 is 1.61 bits per heavy atom. The van der Waals surface area contributed by atoms with E-state index in [0.29, 0.717) is 6.54 Å². The van der Waals surface area contributed by atoms with Crippen molar-refractivity contribution >= 4 is 28.6 Å². The summed E-state index contributed by atoms with van der Waals surface area (Å²) in [5.74, 6) is -0.594. The van der Waals surface area contributed by atoms with Crippen molar-refractivity contribution in [3.8, 4) is 5.75 Å². The van der Waals surface area contributed by atoms with Crippen LogP contribution < -0.4 is 4.74 Å². The zero-order valence-corrected chi connectivity index (χ0v) is 16.6. The molecule has 7 heteroatoms. The van der Waals surface area contributed by atoms with Gasteiger partial charge in [-0.1, -0.05) is 32.0 Å². The van der Waals surface area contributed by atoms with Crippen LogP contribution in [0.5, 0.6) is 5.75 Å². The van der Waals surface area contributed by atoms with E-state index in [4.69, 9.17) is 4.74 Å². The van der Waals surface area contributed by atoms with Crippen LogP contribution in [-0.2, 0) is 16.1 Å². The van der Waals surface area contributed by atoms with Crippen molar-refractivity contribution in [3.63, 3.8) is 0 Å². The standard InChI is InChI=1S/C21H25N3O4/c1-14(2)11-23-19(25)20(26)24(21(23)27)13-22(3)12-15-5-6-17-10-18(28-4)8-7-16(17)9-15/h5-10,14H,11-13H2,1-4H3. The van der Waals surface area contributed by atoms with Gasteiger partial charge < -0.3 is 4.74 Å². The average Bonchev–Trinajstić information content (AvgIpc) is 2.85. The Bertz CT molecular complexity index is 925. The molecule has 2 aromatic carbocycles. The number of carbonyl (C=O) groups excluding carboxylic acids is 3. The van der Waals surface area contributed by atoms with Gasteiger partial charge in [0.15, 0.2) is 0 Å². The Hall–Kier alpha value is -2.93. The number of ether oxygens (including phenoxy) is 1. The highest BCUT2D eigenvalue weighted by Gasteiger charge is 2.44. The molecule has 1 heterocycles. The van der Waals surface area contributed by atoms with Gasteiger partial charge in [-0.2, -0.15) is 0 Å². The Kier molecular flexibility index (Phi) is 5.65. The smallest absolute Gasteiger partial charge is 0.335 e. The SMILES string of the molecule is COc1ccc2cc(CN(C)CN3C(=O)C(=O)N(CC(C)C)C3=O)ccc2c1. The number of imide groups is 2. The van der Waals surface area contributed by atoms with Gasteiger partial charge in [0.2, 0.25) is 0 Å². The average molecular weight is 383 g/mol. The molecule has 1 aliphatic heterocycles. The second kappa shape index (κ2) is 7.98. The molecule has 0 saturated carbocycles. The maximum atomic E-state index is 12.5. The molecule has 148 valence electrons. The van der Waals surface area contributed by atoms with E-state index in [1.165, 1.54) is 0 Å². The zero-order valence-electron chi connectivity index (χ0n) is 16.6. The summed E-state index contributed by atoms with van der Waals surface area (Å²) in [5, 5.41) is 2.16. The molecule has 4 amide bonds. The van der Waals surface area contributed by atoms with E-state index < -0.39 is 17.8 Å². The van der Waals surface area contributed by atoms with Crippen LogP contribution in [0.25, 0.3) is 10.8 Å². The lowest BCUT2D eigenvalue weighted by molar-refractivity contribution is -0.144. The predicted molar refractivity (Wildman–Crippen MR) is 106 cm³/mol. The van der Waals surface area contributed by atoms with Gasteiger partial charge in [0.05, 0.1) is 13.8 Å². The fourth-order valence-electron chi connectivity index (χ4n) is 3.30. The molecule has 0 unspecified atom stereocenters. The van der Waals surface area contributed by atoms with Crippen LogP contribution in [0.4, 0.5) is 4.79 Å². The minimum atomic E-state index is -0.761. The molecule has 1 aliphatic rings. The second-order valence-corrected chi connectivity index (χ2v) is 7.53. The maximum Gasteiger partial charge on any atom is 0.335 e. The lowest BCUT2D eigenvalue weighted by atomic mass is 10.1. The number of amides is 4. The summed E-state index contributed by atoms with van der Waals surface area (Å²) >= 11 is 0. The van der Waals surface area contributed by atoms with Crippen LogP contribution in [0.3, 0.4) is 0 Å². The van der Waals surface area contributed by atoms with Crippen molar-refractivity contribution in [2.24, 2.45) is 5.92 Å². The number of hydrogen-bond donors (Lipinski definition) is 0. The molecule has 2 aromatic rings. The summed E-state index contributed by atoms with van der Waals surface area (Å²) in [6.45, 7) is 4.65. The first-order valence-electron chi connectivity index (χ1n) is 9.22. The van der Waals surface area contributed by atoms with Gasteiger partial charge in [0.1, 0.15) is 5.75 Å². The van der Waals surface area contributed by atoms with Crippen LogP contribution in [-0.4, -0.2) is 59.9 Å². The molecule has 1 saturated heterocycles. The van der Waals surface area contributed by atoms with Crippen LogP contribution in [0.15, 0.2) is 36.4 Å². The second-order valence-electron chi connectivity index (χ2n) is 7.53. The van der Waals surface area contributed by atoms with Crippen molar-refractivity contribution in [2.45, 2.75) is 20.4 Å². The Morgan fingerprint density at radius 3 is 2.29 bits per heavy atom. The maximum absolute atomic E-state index is 12.5. The highest BCUT2D eigenvalue weighted by atomic mass is 16.5. The normalized spacial score (nSPS) is 14.9. The van der Waals surface area contributed by atoms with Crippen LogP contribution in [0.2, 0.25) is 0 Å². The summed E-state index contributed by atoms with van der Waals surface area (Å²) in [6, 6.07) is 11.4. The molecular weight excluding hydrogens is 358 g/mol. The number of rotatable bonds is 7. The van der Waals surface area contributed by atoms with E-state index in [0.717, 1.165) is 31.9 Å². The minimum Gasteiger partial charge on any atom is -0.497 e. The number of benzene rings is 2. The molecule has 0 bridgehead atoms. The highest BCUT2D eigenvalue weighted by molar-refractivity contribution is 6.44. The van der Waals surface area contributed by atoms with E-state index in [1.807, 2.05) is 56.1 Å².